The lowest BCUT2D eigenvalue weighted by molar-refractivity contribution is -0.118. The summed E-state index contributed by atoms with van der Waals surface area (Å²) in [5.74, 6) is -0.521. The van der Waals surface area contributed by atoms with E-state index >= 15 is 0 Å². The number of carbonyl (C=O) groups is 1. The molecule has 1 N–H and O–H groups in total. The van der Waals surface area contributed by atoms with E-state index in [2.05, 4.69) is 15.1 Å². The van der Waals surface area contributed by atoms with Crippen molar-refractivity contribution in [1.82, 2.24) is 9.80 Å². The van der Waals surface area contributed by atoms with Crippen molar-refractivity contribution >= 4 is 23.2 Å². The summed E-state index contributed by atoms with van der Waals surface area (Å²) in [5, 5.41) is 3.02. The minimum absolute atomic E-state index is 0.109. The second kappa shape index (κ2) is 8.94. The Kier molecular flexibility index (Phi) is 6.64. The van der Waals surface area contributed by atoms with Gasteiger partial charge in [0.2, 0.25) is 5.91 Å². The Morgan fingerprint density at radius 3 is 2.84 bits per heavy atom. The number of hydrogen-bond acceptors (Lipinski definition) is 4. The average molecular weight is 370 g/mol. The van der Waals surface area contributed by atoms with Crippen LogP contribution in [0.3, 0.4) is 0 Å². The minimum Gasteiger partial charge on any atom is -0.379 e. The maximum Gasteiger partial charge on any atom is 0.238 e. The van der Waals surface area contributed by atoms with Gasteiger partial charge in [-0.25, -0.2) is 4.39 Å². The Morgan fingerprint density at radius 1 is 1.28 bits per heavy atom. The monoisotopic (exact) mass is 369 g/mol. The number of amides is 1. The number of nitrogens with one attached hydrogen (secondary N) is 1. The number of halogens is 2. The van der Waals surface area contributed by atoms with E-state index in [1.807, 2.05) is 0 Å². The van der Waals surface area contributed by atoms with Crippen molar-refractivity contribution in [2.24, 2.45) is 0 Å². The number of carbonyl (C=O) groups excluding carboxylic acids is 1. The Morgan fingerprint density at radius 2 is 2.08 bits per heavy atom. The number of benzene rings is 1. The van der Waals surface area contributed by atoms with Crippen molar-refractivity contribution in [3.8, 4) is 0 Å². The quantitative estimate of drug-likeness (QED) is 0.866. The van der Waals surface area contributed by atoms with Gasteiger partial charge >= 0.3 is 0 Å². The van der Waals surface area contributed by atoms with Crippen molar-refractivity contribution in [3.63, 3.8) is 0 Å². The lowest BCUT2D eigenvalue weighted by Crippen LogP contribution is -2.51. The SMILES string of the molecule is O=C(CN1CCCCC1CN1CCOCC1)Nc1ccc(F)cc1Cl. The normalized spacial score (nSPS) is 22.7. The average Bonchev–Trinajstić information content (AvgIpc) is 2.60. The molecule has 7 heteroatoms. The number of anilines is 1. The van der Waals surface area contributed by atoms with Gasteiger partial charge in [-0.15, -0.1) is 0 Å². The third-order valence-electron chi connectivity index (χ3n) is 4.87. The molecule has 2 aliphatic heterocycles. The molecule has 2 aliphatic rings. The summed E-state index contributed by atoms with van der Waals surface area (Å²) in [6.45, 7) is 5.74. The van der Waals surface area contributed by atoms with E-state index in [1.165, 1.54) is 24.6 Å². The Hall–Kier alpha value is -1.21. The fourth-order valence-electron chi connectivity index (χ4n) is 3.52. The zero-order valence-electron chi connectivity index (χ0n) is 14.3. The molecule has 0 aromatic heterocycles. The Balaban J connectivity index is 1.55. The summed E-state index contributed by atoms with van der Waals surface area (Å²) in [4.78, 5) is 17.1. The van der Waals surface area contributed by atoms with Gasteiger partial charge < -0.3 is 10.1 Å². The van der Waals surface area contributed by atoms with Gasteiger partial charge in [-0.05, 0) is 37.6 Å². The topological polar surface area (TPSA) is 44.8 Å². The van der Waals surface area contributed by atoms with E-state index in [0.717, 1.165) is 52.2 Å². The lowest BCUT2D eigenvalue weighted by atomic mass is 10.0. The summed E-state index contributed by atoms with van der Waals surface area (Å²) in [6, 6.07) is 4.39. The number of ether oxygens (including phenoxy) is 1. The number of morpholine rings is 1. The second-order valence-electron chi connectivity index (χ2n) is 6.71. The van der Waals surface area contributed by atoms with Gasteiger partial charge in [-0.2, -0.15) is 0 Å². The summed E-state index contributed by atoms with van der Waals surface area (Å²) < 4.78 is 18.5. The van der Waals surface area contributed by atoms with Crippen LogP contribution in [0.25, 0.3) is 0 Å². The van der Waals surface area contributed by atoms with Crippen LogP contribution >= 0.6 is 11.6 Å². The third-order valence-corrected chi connectivity index (χ3v) is 5.19. The van der Waals surface area contributed by atoms with Gasteiger partial charge in [-0.1, -0.05) is 18.0 Å². The summed E-state index contributed by atoms with van der Waals surface area (Å²) >= 11 is 5.99. The molecule has 2 saturated heterocycles. The first kappa shape index (κ1) is 18.6. The number of piperidine rings is 1. The first-order chi connectivity index (χ1) is 12.1. The van der Waals surface area contributed by atoms with E-state index < -0.39 is 5.82 Å². The van der Waals surface area contributed by atoms with Gasteiger partial charge in [0, 0.05) is 25.7 Å². The first-order valence-electron chi connectivity index (χ1n) is 8.91. The maximum absolute atomic E-state index is 13.1. The molecule has 25 heavy (non-hydrogen) atoms. The second-order valence-corrected chi connectivity index (χ2v) is 7.11. The lowest BCUT2D eigenvalue weighted by Gasteiger charge is -2.39. The van der Waals surface area contributed by atoms with Crippen molar-refractivity contribution in [3.05, 3.63) is 29.0 Å². The largest absolute Gasteiger partial charge is 0.379 e. The molecule has 5 nitrogen and oxygen atoms in total. The Bertz CT molecular complexity index is 596. The zero-order valence-corrected chi connectivity index (χ0v) is 15.1. The zero-order chi connectivity index (χ0) is 17.6. The van der Waals surface area contributed by atoms with Crippen LogP contribution in [0.5, 0.6) is 0 Å². The van der Waals surface area contributed by atoms with E-state index in [0.29, 0.717) is 18.3 Å². The molecule has 0 bridgehead atoms. The third kappa shape index (κ3) is 5.38. The van der Waals surface area contributed by atoms with E-state index in [1.54, 1.807) is 0 Å². The molecule has 0 aliphatic carbocycles. The number of nitrogens with zero attached hydrogens (tertiary/aromatic N) is 2. The van der Waals surface area contributed by atoms with E-state index in [-0.39, 0.29) is 10.9 Å². The molecular formula is C18H25ClFN3O2. The fraction of sp³-hybridized carbons (Fsp3) is 0.611. The van der Waals surface area contributed by atoms with Crippen LogP contribution in [0, 0.1) is 5.82 Å². The molecule has 1 aromatic carbocycles. The van der Waals surface area contributed by atoms with Crippen LogP contribution in [0.4, 0.5) is 10.1 Å². The van der Waals surface area contributed by atoms with Crippen LogP contribution in [-0.2, 0) is 9.53 Å². The highest BCUT2D eigenvalue weighted by Crippen LogP contribution is 2.23. The molecule has 2 heterocycles. The van der Waals surface area contributed by atoms with Gasteiger partial charge in [0.1, 0.15) is 5.82 Å². The predicted octanol–water partition coefficient (Wildman–Crippen LogP) is 2.60. The highest BCUT2D eigenvalue weighted by molar-refractivity contribution is 6.33. The van der Waals surface area contributed by atoms with Gasteiger partial charge in [0.25, 0.3) is 0 Å². The summed E-state index contributed by atoms with van der Waals surface area (Å²) in [7, 11) is 0. The van der Waals surface area contributed by atoms with Gasteiger partial charge in [0.15, 0.2) is 0 Å². The van der Waals surface area contributed by atoms with Crippen LogP contribution in [0.2, 0.25) is 5.02 Å². The molecule has 0 saturated carbocycles. The maximum atomic E-state index is 13.1. The van der Waals surface area contributed by atoms with Gasteiger partial charge in [-0.3, -0.25) is 14.6 Å². The fourth-order valence-corrected chi connectivity index (χ4v) is 3.74. The highest BCUT2D eigenvalue weighted by Gasteiger charge is 2.27. The molecule has 3 rings (SSSR count). The summed E-state index contributed by atoms with van der Waals surface area (Å²) in [5.41, 5.74) is 0.454. The highest BCUT2D eigenvalue weighted by atomic mass is 35.5. The molecule has 0 spiro atoms. The van der Waals surface area contributed by atoms with E-state index in [4.69, 9.17) is 16.3 Å². The van der Waals surface area contributed by atoms with Crippen LogP contribution < -0.4 is 5.32 Å². The molecule has 1 atom stereocenters. The first-order valence-corrected chi connectivity index (χ1v) is 9.28. The van der Waals surface area contributed by atoms with Crippen LogP contribution in [-0.4, -0.2) is 67.7 Å². The number of likely N-dealkylation sites (tertiary alicyclic amines) is 1. The van der Waals surface area contributed by atoms with Crippen LogP contribution in [0.1, 0.15) is 19.3 Å². The molecular weight excluding hydrogens is 345 g/mol. The van der Waals surface area contributed by atoms with Crippen molar-refractivity contribution in [1.29, 1.82) is 0 Å². The summed E-state index contributed by atoms with van der Waals surface area (Å²) in [6.07, 6.45) is 3.43. The molecule has 138 valence electrons. The van der Waals surface area contributed by atoms with Crippen molar-refractivity contribution in [2.75, 3.05) is 51.3 Å². The number of rotatable bonds is 5. The predicted molar refractivity (Wildman–Crippen MR) is 96.5 cm³/mol. The van der Waals surface area contributed by atoms with Crippen molar-refractivity contribution in [2.45, 2.75) is 25.3 Å². The molecule has 1 amide bonds. The standard InChI is InChI=1S/C18H25ClFN3O2/c19-16-11-14(20)4-5-17(16)21-18(24)13-23-6-2-1-3-15(23)12-22-7-9-25-10-8-22/h4-5,11,15H,1-3,6-10,12-13H2,(H,21,24). The smallest absolute Gasteiger partial charge is 0.238 e. The molecule has 0 radical (unpaired) electrons. The minimum atomic E-state index is -0.412. The molecule has 1 unspecified atom stereocenters. The van der Waals surface area contributed by atoms with E-state index in [9.17, 15) is 9.18 Å². The molecule has 2 fully saturated rings. The molecule has 1 aromatic rings. The van der Waals surface area contributed by atoms with Crippen LogP contribution in [0.15, 0.2) is 18.2 Å². The Labute approximate surface area is 153 Å². The number of hydrogen-bond donors (Lipinski definition) is 1. The van der Waals surface area contributed by atoms with Crippen molar-refractivity contribution < 1.29 is 13.9 Å². The van der Waals surface area contributed by atoms with Gasteiger partial charge in [0.05, 0.1) is 30.5 Å².